The molecule has 0 aliphatic heterocycles. The Morgan fingerprint density at radius 3 is 2.15 bits per heavy atom. The molecule has 1 aromatic rings. The van der Waals surface area contributed by atoms with Crippen LogP contribution in [0.5, 0.6) is 5.75 Å². The summed E-state index contributed by atoms with van der Waals surface area (Å²) >= 11 is 0. The lowest BCUT2D eigenvalue weighted by atomic mass is 10.2. The Morgan fingerprint density at radius 2 is 1.60 bits per heavy atom. The summed E-state index contributed by atoms with van der Waals surface area (Å²) in [6.45, 7) is 1.58. The molecule has 0 aliphatic rings. The van der Waals surface area contributed by atoms with E-state index in [0.29, 0.717) is 0 Å². The lowest BCUT2D eigenvalue weighted by Gasteiger charge is -2.06. The summed E-state index contributed by atoms with van der Waals surface area (Å²) in [6, 6.07) is 7.15. The van der Waals surface area contributed by atoms with E-state index in [9.17, 15) is 9.59 Å². The third-order valence-electron chi connectivity index (χ3n) is 2.30. The molecule has 0 fully saturated rings. The van der Waals surface area contributed by atoms with Gasteiger partial charge >= 0.3 is 11.9 Å². The van der Waals surface area contributed by atoms with E-state index in [1.54, 1.807) is 38.3 Å². The number of methoxy groups -OCH3 is 1. The molecule has 0 saturated carbocycles. The predicted molar refractivity (Wildman–Crippen MR) is 70.2 cm³/mol. The highest BCUT2D eigenvalue weighted by atomic mass is 16.6. The van der Waals surface area contributed by atoms with E-state index >= 15 is 0 Å². The zero-order chi connectivity index (χ0) is 14.8. The quantitative estimate of drug-likeness (QED) is 0.670. The Bertz CT molecular complexity index is 426. The maximum absolute atomic E-state index is 11.4. The van der Waals surface area contributed by atoms with Gasteiger partial charge in [0.15, 0.2) is 0 Å². The van der Waals surface area contributed by atoms with Gasteiger partial charge in [0.1, 0.15) is 25.6 Å². The summed E-state index contributed by atoms with van der Waals surface area (Å²) in [7, 11) is 1.58. The minimum Gasteiger partial charge on any atom is -0.497 e. The van der Waals surface area contributed by atoms with Gasteiger partial charge in [0.25, 0.3) is 0 Å². The summed E-state index contributed by atoms with van der Waals surface area (Å²) in [5.74, 6) is -0.307. The van der Waals surface area contributed by atoms with Crippen LogP contribution < -0.4 is 4.74 Å². The van der Waals surface area contributed by atoms with Crippen LogP contribution in [-0.4, -0.2) is 38.9 Å². The van der Waals surface area contributed by atoms with Gasteiger partial charge in [-0.15, -0.1) is 0 Å². The second-order valence-electron chi connectivity index (χ2n) is 3.81. The topological polar surface area (TPSA) is 71.1 Å². The van der Waals surface area contributed by atoms with Crippen LogP contribution >= 0.6 is 0 Å². The van der Waals surface area contributed by atoms with E-state index in [1.165, 1.54) is 0 Å². The zero-order valence-corrected chi connectivity index (χ0v) is 11.6. The summed E-state index contributed by atoms with van der Waals surface area (Å²) in [6.07, 6.45) is 0. The van der Waals surface area contributed by atoms with Crippen molar-refractivity contribution >= 4 is 11.9 Å². The number of carbonyl (C=O) groups is 2. The fourth-order valence-corrected chi connectivity index (χ4v) is 1.35. The van der Waals surface area contributed by atoms with Crippen LogP contribution in [0.4, 0.5) is 0 Å². The molecule has 0 radical (unpaired) electrons. The van der Waals surface area contributed by atoms with E-state index in [0.717, 1.165) is 11.3 Å². The second-order valence-corrected chi connectivity index (χ2v) is 3.81. The van der Waals surface area contributed by atoms with Crippen LogP contribution in [0.1, 0.15) is 12.5 Å². The van der Waals surface area contributed by atoms with Gasteiger partial charge in [0.2, 0.25) is 0 Å². The molecule has 110 valence electrons. The third kappa shape index (κ3) is 6.19. The van der Waals surface area contributed by atoms with Crippen LogP contribution in [0, 0.1) is 0 Å². The van der Waals surface area contributed by atoms with Gasteiger partial charge in [-0.3, -0.25) is 0 Å². The van der Waals surface area contributed by atoms with Crippen molar-refractivity contribution in [3.05, 3.63) is 29.8 Å². The highest BCUT2D eigenvalue weighted by Gasteiger charge is 2.07. The first-order valence-corrected chi connectivity index (χ1v) is 6.17. The lowest BCUT2D eigenvalue weighted by molar-refractivity contribution is -0.156. The van der Waals surface area contributed by atoms with Gasteiger partial charge in [-0.2, -0.15) is 0 Å². The van der Waals surface area contributed by atoms with E-state index in [-0.39, 0.29) is 26.4 Å². The molecule has 0 atom stereocenters. The number of rotatable bonds is 8. The minimum absolute atomic E-state index is 0.144. The average molecular weight is 282 g/mol. The Balaban J connectivity index is 2.20. The molecule has 6 nitrogen and oxygen atoms in total. The van der Waals surface area contributed by atoms with E-state index < -0.39 is 11.9 Å². The Labute approximate surface area is 117 Å². The maximum Gasteiger partial charge on any atom is 0.332 e. The largest absolute Gasteiger partial charge is 0.497 e. The summed E-state index contributed by atoms with van der Waals surface area (Å²) in [5, 5.41) is 0. The Hall–Kier alpha value is -2.08. The first kappa shape index (κ1) is 16.0. The number of benzene rings is 1. The molecular weight excluding hydrogens is 264 g/mol. The molecule has 0 N–H and O–H groups in total. The van der Waals surface area contributed by atoms with E-state index in [4.69, 9.17) is 14.2 Å². The normalized spacial score (nSPS) is 9.90. The molecule has 0 aliphatic carbocycles. The Morgan fingerprint density at radius 1 is 1.00 bits per heavy atom. The molecule has 0 unspecified atom stereocenters. The van der Waals surface area contributed by atoms with Gasteiger partial charge in [0, 0.05) is 0 Å². The molecule has 0 spiro atoms. The van der Waals surface area contributed by atoms with E-state index in [1.807, 2.05) is 0 Å². The lowest BCUT2D eigenvalue weighted by Crippen LogP contribution is -2.18. The third-order valence-corrected chi connectivity index (χ3v) is 2.30. The minimum atomic E-state index is -0.537. The van der Waals surface area contributed by atoms with Gasteiger partial charge < -0.3 is 18.9 Å². The number of hydrogen-bond donors (Lipinski definition) is 0. The molecule has 0 saturated heterocycles. The van der Waals surface area contributed by atoms with Crippen LogP contribution in [0.2, 0.25) is 0 Å². The van der Waals surface area contributed by atoms with Crippen LogP contribution in [-0.2, 0) is 30.4 Å². The smallest absolute Gasteiger partial charge is 0.332 e. The highest BCUT2D eigenvalue weighted by Crippen LogP contribution is 2.11. The van der Waals surface area contributed by atoms with Gasteiger partial charge in [-0.25, -0.2) is 9.59 Å². The first-order valence-electron chi connectivity index (χ1n) is 6.17. The molecule has 1 rings (SSSR count). The fourth-order valence-electron chi connectivity index (χ4n) is 1.35. The van der Waals surface area contributed by atoms with Crippen LogP contribution in [0.3, 0.4) is 0 Å². The van der Waals surface area contributed by atoms with Crippen molar-refractivity contribution in [2.75, 3.05) is 26.9 Å². The van der Waals surface area contributed by atoms with Crippen molar-refractivity contribution in [3.63, 3.8) is 0 Å². The fraction of sp³-hybridized carbons (Fsp3) is 0.429. The number of ether oxygens (including phenoxy) is 4. The summed E-state index contributed by atoms with van der Waals surface area (Å²) < 4.78 is 19.5. The SMILES string of the molecule is CCOC(=O)COCC(=O)OCc1ccc(OC)cc1. The first-order chi connectivity index (χ1) is 9.65. The predicted octanol–water partition coefficient (Wildman–Crippen LogP) is 1.32. The van der Waals surface area contributed by atoms with Crippen molar-refractivity contribution in [2.45, 2.75) is 13.5 Å². The van der Waals surface area contributed by atoms with E-state index in [2.05, 4.69) is 4.74 Å². The average Bonchev–Trinajstić information content (AvgIpc) is 2.46. The van der Waals surface area contributed by atoms with Crippen molar-refractivity contribution in [3.8, 4) is 5.75 Å². The maximum atomic E-state index is 11.4. The monoisotopic (exact) mass is 282 g/mol. The highest BCUT2D eigenvalue weighted by molar-refractivity contribution is 5.73. The number of esters is 2. The van der Waals surface area contributed by atoms with Gasteiger partial charge in [-0.05, 0) is 24.6 Å². The molecule has 0 bridgehead atoms. The van der Waals surface area contributed by atoms with Crippen LogP contribution in [0.25, 0.3) is 0 Å². The second kappa shape index (κ2) is 8.92. The summed E-state index contributed by atoms with van der Waals surface area (Å²) in [4.78, 5) is 22.3. The molecule has 0 aromatic heterocycles. The van der Waals surface area contributed by atoms with Crippen molar-refractivity contribution < 1.29 is 28.5 Å². The standard InChI is InChI=1S/C14H18O6/c1-3-19-13(15)9-18-10-14(16)20-8-11-4-6-12(17-2)7-5-11/h4-7H,3,8-10H2,1-2H3. The molecule has 0 heterocycles. The van der Waals surface area contributed by atoms with Crippen molar-refractivity contribution in [2.24, 2.45) is 0 Å². The molecule has 1 aromatic carbocycles. The van der Waals surface area contributed by atoms with Gasteiger partial charge in [-0.1, -0.05) is 12.1 Å². The zero-order valence-electron chi connectivity index (χ0n) is 11.6. The Kier molecular flexibility index (Phi) is 7.13. The molecule has 20 heavy (non-hydrogen) atoms. The molecule has 0 amide bonds. The van der Waals surface area contributed by atoms with Crippen molar-refractivity contribution in [1.29, 1.82) is 0 Å². The summed E-state index contributed by atoms with van der Waals surface area (Å²) in [5.41, 5.74) is 0.838. The van der Waals surface area contributed by atoms with Gasteiger partial charge in [0.05, 0.1) is 13.7 Å². The molecular formula is C14H18O6. The van der Waals surface area contributed by atoms with Crippen molar-refractivity contribution in [1.82, 2.24) is 0 Å². The number of hydrogen-bond acceptors (Lipinski definition) is 6. The molecule has 6 heteroatoms. The number of carbonyl (C=O) groups excluding carboxylic acids is 2. The van der Waals surface area contributed by atoms with Crippen LogP contribution in [0.15, 0.2) is 24.3 Å².